The number of benzene rings is 1. The van der Waals surface area contributed by atoms with Gasteiger partial charge in [0, 0.05) is 44.2 Å². The van der Waals surface area contributed by atoms with Crippen molar-refractivity contribution in [1.29, 1.82) is 0 Å². The largest absolute Gasteiger partial charge is 0.444 e. The molecule has 2 unspecified atom stereocenters. The summed E-state index contributed by atoms with van der Waals surface area (Å²) in [6.07, 6.45) is 6.82. The van der Waals surface area contributed by atoms with E-state index in [1.54, 1.807) is 11.8 Å². The lowest BCUT2D eigenvalue weighted by atomic mass is 9.91. The van der Waals surface area contributed by atoms with Gasteiger partial charge in [-0.3, -0.25) is 19.4 Å². The Morgan fingerprint density at radius 1 is 1.12 bits per heavy atom. The summed E-state index contributed by atoms with van der Waals surface area (Å²) in [4.78, 5) is 46.0. The van der Waals surface area contributed by atoms with Crippen molar-refractivity contribution in [3.05, 3.63) is 35.9 Å². The van der Waals surface area contributed by atoms with Crippen LogP contribution in [0, 0.1) is 5.92 Å². The molecule has 0 radical (unpaired) electrons. The molecule has 10 heteroatoms. The van der Waals surface area contributed by atoms with E-state index in [0.717, 1.165) is 31.8 Å². The number of rotatable bonds is 10. The standard InChI is InChI=1S/C31H48N4O4S2/c1-31(2,3)39-30(38)35-22-41-21-27(35)28(36)32-26(20-40-19-24-13-9-6-10-14-24)29(37)33(4)25-15-16-34(18-25)17-23-11-7-5-8-12-23/h5,7-8,11-12,24-27H,6,9-10,13-22H2,1-4H3,(H,32,36)/t25?,26?,27-/m0/s1. The van der Waals surface area contributed by atoms with Crippen LogP contribution in [0.25, 0.3) is 0 Å². The van der Waals surface area contributed by atoms with Gasteiger partial charge in [-0.25, -0.2) is 4.79 Å². The van der Waals surface area contributed by atoms with E-state index >= 15 is 0 Å². The third-order valence-corrected chi connectivity index (χ3v) is 10.5. The predicted molar refractivity (Wildman–Crippen MR) is 168 cm³/mol. The van der Waals surface area contributed by atoms with Gasteiger partial charge in [0.25, 0.3) is 0 Å². The summed E-state index contributed by atoms with van der Waals surface area (Å²) in [7, 11) is 1.88. The molecular weight excluding hydrogens is 556 g/mol. The van der Waals surface area contributed by atoms with E-state index in [1.807, 2.05) is 38.8 Å². The number of amides is 3. The van der Waals surface area contributed by atoms with Gasteiger partial charge >= 0.3 is 6.09 Å². The number of nitrogens with one attached hydrogen (secondary N) is 1. The van der Waals surface area contributed by atoms with Crippen LogP contribution in [-0.2, 0) is 20.9 Å². The van der Waals surface area contributed by atoms with Crippen molar-refractivity contribution >= 4 is 41.4 Å². The molecule has 2 heterocycles. The molecule has 3 atom stereocenters. The molecule has 1 aromatic carbocycles. The molecule has 1 aromatic rings. The average Bonchev–Trinajstić information content (AvgIpc) is 3.62. The summed E-state index contributed by atoms with van der Waals surface area (Å²) in [5, 5.41) is 3.07. The highest BCUT2D eigenvalue weighted by Crippen LogP contribution is 2.28. The van der Waals surface area contributed by atoms with Gasteiger partial charge in [0.15, 0.2) is 0 Å². The fourth-order valence-electron chi connectivity index (χ4n) is 5.85. The first-order valence-electron chi connectivity index (χ1n) is 15.1. The van der Waals surface area contributed by atoms with Gasteiger partial charge in [-0.15, -0.1) is 11.8 Å². The van der Waals surface area contributed by atoms with Crippen LogP contribution in [-0.4, -0.2) is 99.6 Å². The molecule has 2 saturated heterocycles. The Morgan fingerprint density at radius 3 is 2.56 bits per heavy atom. The van der Waals surface area contributed by atoms with Crippen molar-refractivity contribution < 1.29 is 19.1 Å². The first kappa shape index (κ1) is 32.0. The van der Waals surface area contributed by atoms with Crippen molar-refractivity contribution in [3.8, 4) is 0 Å². The van der Waals surface area contributed by atoms with Gasteiger partial charge in [0.2, 0.25) is 11.8 Å². The zero-order chi connectivity index (χ0) is 29.4. The topological polar surface area (TPSA) is 82.2 Å². The zero-order valence-electron chi connectivity index (χ0n) is 25.2. The Bertz CT molecular complexity index is 1020. The lowest BCUT2D eigenvalue weighted by Crippen LogP contribution is -2.56. The van der Waals surface area contributed by atoms with Crippen LogP contribution >= 0.6 is 23.5 Å². The Morgan fingerprint density at radius 2 is 1.85 bits per heavy atom. The minimum atomic E-state index is -0.647. The highest BCUT2D eigenvalue weighted by molar-refractivity contribution is 7.99. The van der Waals surface area contributed by atoms with Crippen LogP contribution in [0.15, 0.2) is 30.3 Å². The highest BCUT2D eigenvalue weighted by Gasteiger charge is 2.39. The van der Waals surface area contributed by atoms with Crippen LogP contribution < -0.4 is 5.32 Å². The van der Waals surface area contributed by atoms with Gasteiger partial charge in [-0.2, -0.15) is 11.8 Å². The molecule has 3 fully saturated rings. The Hall–Kier alpha value is -1.91. The summed E-state index contributed by atoms with van der Waals surface area (Å²) < 4.78 is 5.55. The number of carbonyl (C=O) groups is 3. The lowest BCUT2D eigenvalue weighted by Gasteiger charge is -2.31. The number of hydrogen-bond acceptors (Lipinski definition) is 7. The monoisotopic (exact) mass is 604 g/mol. The fraction of sp³-hybridized carbons (Fsp3) is 0.710. The number of nitrogens with zero attached hydrogens (tertiary/aromatic N) is 3. The third-order valence-electron chi connectivity index (χ3n) is 8.18. The Kier molecular flexibility index (Phi) is 11.7. The highest BCUT2D eigenvalue weighted by atomic mass is 32.2. The maximum atomic E-state index is 13.9. The molecular formula is C31H48N4O4S2. The molecule has 0 bridgehead atoms. The van der Waals surface area contributed by atoms with Crippen molar-refractivity contribution in [2.24, 2.45) is 5.92 Å². The van der Waals surface area contributed by atoms with Crippen LogP contribution in [0.1, 0.15) is 64.9 Å². The molecule has 1 N–H and O–H groups in total. The molecule has 1 saturated carbocycles. The first-order chi connectivity index (χ1) is 19.6. The Balaban J connectivity index is 1.38. The number of likely N-dealkylation sites (N-methyl/N-ethyl adjacent to an activating group) is 1. The van der Waals surface area contributed by atoms with Crippen LogP contribution in [0.3, 0.4) is 0 Å². The van der Waals surface area contributed by atoms with Crippen molar-refractivity contribution in [3.63, 3.8) is 0 Å². The van der Waals surface area contributed by atoms with Crippen molar-refractivity contribution in [2.75, 3.05) is 43.3 Å². The number of likely N-dealkylation sites (tertiary alicyclic amines) is 1. The number of hydrogen-bond donors (Lipinski definition) is 1. The SMILES string of the molecule is CN(C(=O)C(CSCC1CCCCC1)NC(=O)[C@@H]1CSCN1C(=O)OC(C)(C)C)C1CCN(Cc2ccccc2)C1. The number of carbonyl (C=O) groups excluding carboxylic acids is 3. The zero-order valence-corrected chi connectivity index (χ0v) is 26.8. The average molecular weight is 605 g/mol. The summed E-state index contributed by atoms with van der Waals surface area (Å²) >= 11 is 3.31. The molecule has 41 heavy (non-hydrogen) atoms. The predicted octanol–water partition coefficient (Wildman–Crippen LogP) is 4.83. The minimum absolute atomic E-state index is 0.0458. The molecule has 2 aliphatic heterocycles. The maximum absolute atomic E-state index is 13.9. The van der Waals surface area contributed by atoms with Gasteiger partial charge in [0.1, 0.15) is 17.7 Å². The molecule has 0 aromatic heterocycles. The molecule has 1 aliphatic carbocycles. The summed E-state index contributed by atoms with van der Waals surface area (Å²) in [6, 6.07) is 9.25. The normalized spacial score (nSPS) is 22.9. The molecule has 0 spiro atoms. The first-order valence-corrected chi connectivity index (χ1v) is 17.4. The van der Waals surface area contributed by atoms with E-state index in [1.165, 1.54) is 54.3 Å². The third kappa shape index (κ3) is 9.55. The molecule has 8 nitrogen and oxygen atoms in total. The van der Waals surface area contributed by atoms with E-state index in [-0.39, 0.29) is 17.9 Å². The molecule has 3 amide bonds. The molecule has 4 rings (SSSR count). The van der Waals surface area contributed by atoms with E-state index < -0.39 is 23.8 Å². The smallest absolute Gasteiger partial charge is 0.411 e. The Labute approximate surface area is 254 Å². The van der Waals surface area contributed by atoms with Gasteiger partial charge in [-0.1, -0.05) is 49.6 Å². The van der Waals surface area contributed by atoms with Gasteiger partial charge < -0.3 is 15.0 Å². The molecule has 3 aliphatic rings. The number of thioether (sulfide) groups is 2. The minimum Gasteiger partial charge on any atom is -0.444 e. The second-order valence-electron chi connectivity index (χ2n) is 12.7. The van der Waals surface area contributed by atoms with Gasteiger partial charge in [-0.05, 0) is 57.3 Å². The van der Waals surface area contributed by atoms with E-state index in [2.05, 4.69) is 34.5 Å². The number of ether oxygens (including phenoxy) is 1. The molecule has 228 valence electrons. The summed E-state index contributed by atoms with van der Waals surface area (Å²) in [6.45, 7) is 8.09. The summed E-state index contributed by atoms with van der Waals surface area (Å²) in [5.41, 5.74) is 0.633. The van der Waals surface area contributed by atoms with Crippen LogP contribution in [0.2, 0.25) is 0 Å². The van der Waals surface area contributed by atoms with Crippen LogP contribution in [0.4, 0.5) is 4.79 Å². The van der Waals surface area contributed by atoms with Gasteiger partial charge in [0.05, 0.1) is 5.88 Å². The lowest BCUT2D eigenvalue weighted by molar-refractivity contribution is -0.137. The van der Waals surface area contributed by atoms with E-state index in [0.29, 0.717) is 23.3 Å². The fourth-order valence-corrected chi connectivity index (χ4v) is 8.26. The summed E-state index contributed by atoms with van der Waals surface area (Å²) in [5.74, 6) is 2.82. The second kappa shape index (κ2) is 15.0. The maximum Gasteiger partial charge on any atom is 0.411 e. The van der Waals surface area contributed by atoms with E-state index in [9.17, 15) is 14.4 Å². The quantitative estimate of drug-likeness (QED) is 0.410. The van der Waals surface area contributed by atoms with Crippen LogP contribution in [0.5, 0.6) is 0 Å². The van der Waals surface area contributed by atoms with Crippen molar-refractivity contribution in [2.45, 2.75) is 89.6 Å². The van der Waals surface area contributed by atoms with Crippen molar-refractivity contribution in [1.82, 2.24) is 20.0 Å². The van der Waals surface area contributed by atoms with E-state index in [4.69, 9.17) is 4.74 Å². The second-order valence-corrected chi connectivity index (χ2v) is 14.8.